The Hall–Kier alpha value is -3.44. The molecule has 4 rings (SSSR count). The van der Waals surface area contributed by atoms with Crippen LogP contribution in [0.2, 0.25) is 0 Å². The van der Waals surface area contributed by atoms with Gasteiger partial charge in [0.2, 0.25) is 0 Å². The molecule has 1 saturated heterocycles. The maximum absolute atomic E-state index is 13.2. The van der Waals surface area contributed by atoms with Gasteiger partial charge in [-0.2, -0.15) is 0 Å². The molecule has 1 N–H and O–H groups in total. The Kier molecular flexibility index (Phi) is 6.97. The van der Waals surface area contributed by atoms with Crippen molar-refractivity contribution in [3.05, 3.63) is 101 Å². The topological polar surface area (TPSA) is 58.6 Å². The van der Waals surface area contributed by atoms with Crippen molar-refractivity contribution in [2.45, 2.75) is 18.9 Å². The molecule has 0 saturated carbocycles. The van der Waals surface area contributed by atoms with E-state index in [0.717, 1.165) is 37.2 Å². The minimum atomic E-state index is -0.234. The van der Waals surface area contributed by atoms with Crippen LogP contribution in [0.25, 0.3) is 0 Å². The highest BCUT2D eigenvalue weighted by Crippen LogP contribution is 2.26. The molecule has 1 heterocycles. The van der Waals surface area contributed by atoms with E-state index < -0.39 is 0 Å². The molecule has 3 aromatic carbocycles. The van der Waals surface area contributed by atoms with E-state index in [1.165, 1.54) is 0 Å². The molecule has 5 nitrogen and oxygen atoms in total. The molecule has 0 radical (unpaired) electrons. The van der Waals surface area contributed by atoms with Gasteiger partial charge in [-0.3, -0.25) is 14.5 Å². The summed E-state index contributed by atoms with van der Waals surface area (Å²) < 4.78 is 5.29. The van der Waals surface area contributed by atoms with E-state index in [1.54, 1.807) is 43.5 Å². The summed E-state index contributed by atoms with van der Waals surface area (Å²) in [5.74, 6) is 0.427. The molecular weight excluding hydrogens is 400 g/mol. The van der Waals surface area contributed by atoms with Gasteiger partial charge in [-0.25, -0.2) is 0 Å². The number of benzene rings is 3. The fraction of sp³-hybridized carbons (Fsp3) is 0.259. The number of carbonyl (C=O) groups excluding carboxylic acids is 2. The smallest absolute Gasteiger partial charge is 0.252 e. The molecule has 0 aliphatic carbocycles. The van der Waals surface area contributed by atoms with E-state index in [4.69, 9.17) is 4.74 Å². The maximum atomic E-state index is 13.2. The normalized spacial score (nSPS) is 14.7. The van der Waals surface area contributed by atoms with Gasteiger partial charge in [0, 0.05) is 17.7 Å². The van der Waals surface area contributed by atoms with Crippen molar-refractivity contribution >= 4 is 11.7 Å². The molecule has 1 atom stereocenters. The summed E-state index contributed by atoms with van der Waals surface area (Å²) >= 11 is 0. The first-order valence-electron chi connectivity index (χ1n) is 11.0. The van der Waals surface area contributed by atoms with Gasteiger partial charge in [0.1, 0.15) is 5.75 Å². The number of hydrogen-bond donors (Lipinski definition) is 1. The zero-order valence-electron chi connectivity index (χ0n) is 18.3. The average molecular weight is 429 g/mol. The van der Waals surface area contributed by atoms with Crippen molar-refractivity contribution in [2.24, 2.45) is 0 Å². The Labute approximate surface area is 189 Å². The number of carbonyl (C=O) groups is 2. The molecule has 5 heteroatoms. The third-order valence-corrected chi connectivity index (χ3v) is 5.99. The average Bonchev–Trinajstić information content (AvgIpc) is 3.39. The summed E-state index contributed by atoms with van der Waals surface area (Å²) in [5.41, 5.74) is 2.53. The van der Waals surface area contributed by atoms with Crippen LogP contribution in [-0.4, -0.2) is 43.3 Å². The van der Waals surface area contributed by atoms with Crippen LogP contribution in [0.3, 0.4) is 0 Å². The lowest BCUT2D eigenvalue weighted by Gasteiger charge is -2.28. The summed E-state index contributed by atoms with van der Waals surface area (Å²) in [5, 5.41) is 3.09. The second-order valence-electron chi connectivity index (χ2n) is 7.98. The largest absolute Gasteiger partial charge is 0.497 e. The number of rotatable bonds is 8. The first-order chi connectivity index (χ1) is 15.7. The standard InChI is InChI=1S/C27H28N2O3/c1-32-22-15-13-20(14-16-22)25(29-17-7-8-18-29)19-28-27(31)24-12-6-5-11-23(24)26(30)21-9-3-2-4-10-21/h2-6,9-16,25H,7-8,17-19H2,1H3,(H,28,31)/t25-/m0/s1. The number of ketones is 1. The number of methoxy groups -OCH3 is 1. The zero-order chi connectivity index (χ0) is 22.3. The fourth-order valence-electron chi connectivity index (χ4n) is 4.25. The summed E-state index contributed by atoms with van der Waals surface area (Å²) in [7, 11) is 1.65. The van der Waals surface area contributed by atoms with Gasteiger partial charge < -0.3 is 10.1 Å². The molecule has 1 amide bonds. The Bertz CT molecular complexity index is 1060. The molecule has 3 aromatic rings. The van der Waals surface area contributed by atoms with Gasteiger partial charge in [0.05, 0.1) is 18.7 Å². The van der Waals surface area contributed by atoms with Crippen LogP contribution < -0.4 is 10.1 Å². The van der Waals surface area contributed by atoms with Crippen LogP contribution >= 0.6 is 0 Å². The molecular formula is C27H28N2O3. The zero-order valence-corrected chi connectivity index (χ0v) is 18.3. The Morgan fingerprint density at radius 2 is 1.50 bits per heavy atom. The van der Waals surface area contributed by atoms with Gasteiger partial charge in [-0.05, 0) is 49.7 Å². The predicted octanol–water partition coefficient (Wildman–Crippen LogP) is 4.49. The number of ether oxygens (including phenoxy) is 1. The number of nitrogens with one attached hydrogen (secondary N) is 1. The molecule has 32 heavy (non-hydrogen) atoms. The quantitative estimate of drug-likeness (QED) is 0.537. The number of amides is 1. The van der Waals surface area contributed by atoms with E-state index in [-0.39, 0.29) is 17.7 Å². The lowest BCUT2D eigenvalue weighted by atomic mass is 9.97. The first kappa shape index (κ1) is 21.8. The van der Waals surface area contributed by atoms with E-state index >= 15 is 0 Å². The third kappa shape index (κ3) is 4.89. The van der Waals surface area contributed by atoms with Crippen molar-refractivity contribution in [2.75, 3.05) is 26.7 Å². The Morgan fingerprint density at radius 3 is 2.16 bits per heavy atom. The monoisotopic (exact) mass is 428 g/mol. The lowest BCUT2D eigenvalue weighted by molar-refractivity contribution is 0.0928. The maximum Gasteiger partial charge on any atom is 0.252 e. The lowest BCUT2D eigenvalue weighted by Crippen LogP contribution is -2.37. The van der Waals surface area contributed by atoms with Crippen LogP contribution in [0.5, 0.6) is 5.75 Å². The number of nitrogens with zero attached hydrogens (tertiary/aromatic N) is 1. The van der Waals surface area contributed by atoms with Gasteiger partial charge in [-0.1, -0.05) is 60.7 Å². The molecule has 1 aliphatic rings. The molecule has 0 aromatic heterocycles. The van der Waals surface area contributed by atoms with Crippen LogP contribution in [0, 0.1) is 0 Å². The summed E-state index contributed by atoms with van der Waals surface area (Å²) in [6, 6.07) is 24.1. The van der Waals surface area contributed by atoms with Crippen molar-refractivity contribution < 1.29 is 14.3 Å². The van der Waals surface area contributed by atoms with Crippen molar-refractivity contribution in [3.8, 4) is 5.75 Å². The van der Waals surface area contributed by atoms with E-state index in [1.807, 2.05) is 30.3 Å². The van der Waals surface area contributed by atoms with E-state index in [0.29, 0.717) is 23.2 Å². The van der Waals surface area contributed by atoms with Crippen molar-refractivity contribution in [1.82, 2.24) is 10.2 Å². The van der Waals surface area contributed by atoms with Crippen LogP contribution in [0.1, 0.15) is 50.7 Å². The van der Waals surface area contributed by atoms with Gasteiger partial charge in [0.25, 0.3) is 5.91 Å². The SMILES string of the molecule is COc1ccc([C@H](CNC(=O)c2ccccc2C(=O)c2ccccc2)N2CCCC2)cc1. The number of likely N-dealkylation sites (tertiary alicyclic amines) is 1. The first-order valence-corrected chi connectivity index (χ1v) is 11.0. The molecule has 1 aliphatic heterocycles. The molecule has 0 spiro atoms. The minimum absolute atomic E-state index is 0.0735. The van der Waals surface area contributed by atoms with Crippen molar-refractivity contribution in [3.63, 3.8) is 0 Å². The fourth-order valence-corrected chi connectivity index (χ4v) is 4.25. The van der Waals surface area contributed by atoms with Crippen LogP contribution in [-0.2, 0) is 0 Å². The minimum Gasteiger partial charge on any atom is -0.497 e. The van der Waals surface area contributed by atoms with Gasteiger partial charge in [0.15, 0.2) is 5.78 Å². The van der Waals surface area contributed by atoms with Crippen LogP contribution in [0.4, 0.5) is 0 Å². The second-order valence-corrected chi connectivity index (χ2v) is 7.98. The third-order valence-electron chi connectivity index (χ3n) is 5.99. The van der Waals surface area contributed by atoms with E-state index in [2.05, 4.69) is 22.3 Å². The Morgan fingerprint density at radius 1 is 0.875 bits per heavy atom. The summed E-state index contributed by atoms with van der Waals surface area (Å²) in [6.07, 6.45) is 2.32. The molecule has 164 valence electrons. The number of hydrogen-bond acceptors (Lipinski definition) is 4. The molecule has 0 unspecified atom stereocenters. The van der Waals surface area contributed by atoms with Crippen molar-refractivity contribution in [1.29, 1.82) is 0 Å². The Balaban J connectivity index is 1.53. The van der Waals surface area contributed by atoms with Crippen LogP contribution in [0.15, 0.2) is 78.9 Å². The molecule has 0 bridgehead atoms. The highest BCUT2D eigenvalue weighted by Gasteiger charge is 2.25. The highest BCUT2D eigenvalue weighted by atomic mass is 16.5. The second kappa shape index (κ2) is 10.2. The van der Waals surface area contributed by atoms with Gasteiger partial charge >= 0.3 is 0 Å². The highest BCUT2D eigenvalue weighted by molar-refractivity contribution is 6.15. The molecule has 1 fully saturated rings. The summed E-state index contributed by atoms with van der Waals surface area (Å²) in [6.45, 7) is 2.49. The van der Waals surface area contributed by atoms with E-state index in [9.17, 15) is 9.59 Å². The van der Waals surface area contributed by atoms with Gasteiger partial charge in [-0.15, -0.1) is 0 Å². The summed E-state index contributed by atoms with van der Waals surface area (Å²) in [4.78, 5) is 28.6. The predicted molar refractivity (Wildman–Crippen MR) is 125 cm³/mol.